The van der Waals surface area contributed by atoms with Gasteiger partial charge in [-0.05, 0) is 22.9 Å². The fourth-order valence-corrected chi connectivity index (χ4v) is 3.84. The van der Waals surface area contributed by atoms with Crippen LogP contribution in [0.25, 0.3) is 21.5 Å². The molecule has 2 heterocycles. The summed E-state index contributed by atoms with van der Waals surface area (Å²) in [6, 6.07) is 9.41. The summed E-state index contributed by atoms with van der Waals surface area (Å²) in [5.41, 5.74) is 6.55. The molecule has 12 heteroatoms. The molecular formula is C22H22Cl2F2N8. The van der Waals surface area contributed by atoms with Crippen molar-refractivity contribution in [2.45, 2.75) is 0 Å². The number of nitrogens with one attached hydrogen (secondary N) is 4. The molecule has 178 valence electrons. The van der Waals surface area contributed by atoms with E-state index in [0.29, 0.717) is 57.7 Å². The number of rotatable bonds is 4. The van der Waals surface area contributed by atoms with Crippen molar-refractivity contribution in [2.24, 2.45) is 20.2 Å². The fourth-order valence-electron chi connectivity index (χ4n) is 3.84. The number of benzene rings is 3. The topological polar surface area (TPSA) is 97.6 Å². The van der Waals surface area contributed by atoms with E-state index in [9.17, 15) is 0 Å². The molecule has 0 saturated carbocycles. The molecule has 0 bridgehead atoms. The minimum absolute atomic E-state index is 0. The van der Waals surface area contributed by atoms with Gasteiger partial charge in [-0.25, -0.2) is 29.6 Å². The first kappa shape index (κ1) is 25.1. The second-order valence-electron chi connectivity index (χ2n) is 7.21. The lowest BCUT2D eigenvalue weighted by Gasteiger charge is -2.14. The number of guanidine groups is 2. The van der Waals surface area contributed by atoms with Gasteiger partial charge < -0.3 is 10.6 Å². The van der Waals surface area contributed by atoms with Gasteiger partial charge in [0.25, 0.3) is 0 Å². The summed E-state index contributed by atoms with van der Waals surface area (Å²) in [6.45, 7) is 2.78. The van der Waals surface area contributed by atoms with Gasteiger partial charge in [0.05, 0.1) is 25.5 Å². The molecule has 0 atom stereocenters. The van der Waals surface area contributed by atoms with Crippen molar-refractivity contribution in [3.8, 4) is 0 Å². The minimum Gasteiger partial charge on any atom is -0.353 e. The Balaban J connectivity index is 0.00000162. The van der Waals surface area contributed by atoms with Crippen LogP contribution in [0.2, 0.25) is 0 Å². The summed E-state index contributed by atoms with van der Waals surface area (Å²) in [5.74, 6) is 0.214. The first-order valence-electron chi connectivity index (χ1n) is 10.2. The Labute approximate surface area is 206 Å². The van der Waals surface area contributed by atoms with E-state index in [4.69, 9.17) is 0 Å². The van der Waals surface area contributed by atoms with Crippen LogP contribution in [0.5, 0.6) is 0 Å². The largest absolute Gasteiger partial charge is 0.353 e. The zero-order valence-electron chi connectivity index (χ0n) is 17.8. The molecule has 0 aromatic heterocycles. The molecule has 0 aliphatic carbocycles. The van der Waals surface area contributed by atoms with Gasteiger partial charge >= 0.3 is 0 Å². The van der Waals surface area contributed by atoms with Crippen molar-refractivity contribution in [2.75, 3.05) is 26.2 Å². The van der Waals surface area contributed by atoms with E-state index in [0.717, 1.165) is 13.1 Å². The van der Waals surface area contributed by atoms with Gasteiger partial charge in [-0.3, -0.25) is 0 Å². The number of fused-ring (bicyclic) bond motifs is 2. The molecule has 3 aromatic rings. The highest BCUT2D eigenvalue weighted by Gasteiger charge is 2.18. The summed E-state index contributed by atoms with van der Waals surface area (Å²) >= 11 is 0. The molecule has 0 unspecified atom stereocenters. The number of aliphatic imine (C=N–C) groups is 2. The van der Waals surface area contributed by atoms with Crippen molar-refractivity contribution in [3.05, 3.63) is 59.2 Å². The lowest BCUT2D eigenvalue weighted by molar-refractivity contribution is 0.638. The predicted molar refractivity (Wildman–Crippen MR) is 138 cm³/mol. The van der Waals surface area contributed by atoms with Crippen LogP contribution in [0.1, 0.15) is 11.1 Å². The van der Waals surface area contributed by atoms with E-state index >= 15 is 8.78 Å². The van der Waals surface area contributed by atoms with Gasteiger partial charge in [0.2, 0.25) is 11.9 Å². The first-order valence-corrected chi connectivity index (χ1v) is 10.2. The second-order valence-corrected chi connectivity index (χ2v) is 7.21. The molecule has 0 saturated heterocycles. The predicted octanol–water partition coefficient (Wildman–Crippen LogP) is 2.88. The quantitative estimate of drug-likeness (QED) is 0.248. The maximum atomic E-state index is 15.1. The smallest absolute Gasteiger partial charge is 0.212 e. The van der Waals surface area contributed by atoms with Crippen molar-refractivity contribution < 1.29 is 8.78 Å². The number of halogens is 4. The minimum atomic E-state index is -0.434. The third-order valence-corrected chi connectivity index (χ3v) is 5.22. The number of hydrogen-bond acceptors (Lipinski definition) is 8. The van der Waals surface area contributed by atoms with Crippen LogP contribution in [0.3, 0.4) is 0 Å². The Morgan fingerprint density at radius 1 is 0.735 bits per heavy atom. The Morgan fingerprint density at radius 3 is 1.56 bits per heavy atom. The summed E-state index contributed by atoms with van der Waals surface area (Å²) < 4.78 is 30.1. The van der Waals surface area contributed by atoms with Crippen LogP contribution in [0.4, 0.5) is 8.78 Å². The number of nitrogens with zero attached hydrogens (tertiary/aromatic N) is 4. The summed E-state index contributed by atoms with van der Waals surface area (Å²) in [6.07, 6.45) is 2.98. The third kappa shape index (κ3) is 4.87. The highest BCUT2D eigenvalue weighted by atomic mass is 35.5. The molecule has 0 fully saturated rings. The molecule has 2 aliphatic heterocycles. The lowest BCUT2D eigenvalue weighted by atomic mass is 9.92. The molecule has 5 rings (SSSR count). The molecule has 34 heavy (non-hydrogen) atoms. The monoisotopic (exact) mass is 506 g/mol. The Morgan fingerprint density at radius 2 is 1.18 bits per heavy atom. The van der Waals surface area contributed by atoms with Gasteiger partial charge in [-0.2, -0.15) is 10.2 Å². The zero-order valence-corrected chi connectivity index (χ0v) is 19.4. The fraction of sp³-hybridized carbons (Fsp3) is 0.182. The van der Waals surface area contributed by atoms with E-state index < -0.39 is 11.6 Å². The average molecular weight is 507 g/mol. The van der Waals surface area contributed by atoms with Gasteiger partial charge in [0.1, 0.15) is 11.6 Å². The van der Waals surface area contributed by atoms with Crippen molar-refractivity contribution >= 4 is 70.7 Å². The standard InChI is InChI=1S/C22H20F2N8.2ClH/c23-17-5-1-3-13-15(11-29-31-21-25-7-8-26-21)20-14(4-2-6-18(20)24)16(19(13)17)12-30-32-22-27-9-10-28-22;;/h1-6,11-12H,7-10H2,(H2,25,26,31)(H2,27,28,32);2*1H/b29-11+,30-12+;;. The third-order valence-electron chi connectivity index (χ3n) is 5.22. The molecule has 8 nitrogen and oxygen atoms in total. The van der Waals surface area contributed by atoms with Crippen molar-refractivity contribution in [1.82, 2.24) is 21.5 Å². The van der Waals surface area contributed by atoms with Gasteiger partial charge in [-0.1, -0.05) is 24.3 Å². The van der Waals surface area contributed by atoms with Crippen LogP contribution in [0.15, 0.2) is 56.6 Å². The molecular weight excluding hydrogens is 485 g/mol. The lowest BCUT2D eigenvalue weighted by Crippen LogP contribution is -2.30. The summed E-state index contributed by atoms with van der Waals surface area (Å²) in [5, 5.41) is 16.2. The SMILES string of the molecule is Cl.Cl.Fc1cccc2c(/C=N/NC3=NCCN3)c3c(F)cccc3c(/C=N/NC3=NCCN3)c12. The van der Waals surface area contributed by atoms with E-state index in [1.807, 2.05) is 0 Å². The Kier molecular flexibility index (Phi) is 8.19. The Hall–Kier alpha value is -3.50. The number of hydrazone groups is 2. The van der Waals surface area contributed by atoms with E-state index in [2.05, 4.69) is 41.7 Å². The maximum absolute atomic E-state index is 15.1. The van der Waals surface area contributed by atoms with Gasteiger partial charge in [-0.15, -0.1) is 24.8 Å². The van der Waals surface area contributed by atoms with Crippen LogP contribution in [-0.4, -0.2) is 50.5 Å². The molecule has 0 amide bonds. The molecule has 4 N–H and O–H groups in total. The summed E-state index contributed by atoms with van der Waals surface area (Å²) in [4.78, 5) is 8.42. The van der Waals surface area contributed by atoms with Crippen LogP contribution < -0.4 is 21.5 Å². The van der Waals surface area contributed by atoms with Crippen molar-refractivity contribution in [1.29, 1.82) is 0 Å². The molecule has 0 radical (unpaired) electrons. The van der Waals surface area contributed by atoms with E-state index in [-0.39, 0.29) is 24.8 Å². The highest BCUT2D eigenvalue weighted by Crippen LogP contribution is 2.34. The van der Waals surface area contributed by atoms with Crippen LogP contribution in [-0.2, 0) is 0 Å². The van der Waals surface area contributed by atoms with Crippen LogP contribution in [0, 0.1) is 11.6 Å². The average Bonchev–Trinajstić information content (AvgIpc) is 3.50. The number of hydrogen-bond donors (Lipinski definition) is 4. The van der Waals surface area contributed by atoms with Gasteiger partial charge in [0, 0.05) is 35.0 Å². The zero-order chi connectivity index (χ0) is 21.9. The molecule has 2 aliphatic rings. The molecule has 0 spiro atoms. The van der Waals surface area contributed by atoms with E-state index in [1.54, 1.807) is 24.3 Å². The second kappa shape index (κ2) is 11.1. The van der Waals surface area contributed by atoms with Crippen LogP contribution >= 0.6 is 24.8 Å². The maximum Gasteiger partial charge on any atom is 0.212 e. The van der Waals surface area contributed by atoms with Crippen molar-refractivity contribution in [3.63, 3.8) is 0 Å². The molecule has 3 aromatic carbocycles. The summed E-state index contributed by atoms with van der Waals surface area (Å²) in [7, 11) is 0. The van der Waals surface area contributed by atoms with Gasteiger partial charge in [0.15, 0.2) is 0 Å². The Bertz CT molecular complexity index is 1220. The first-order chi connectivity index (χ1) is 15.7. The highest BCUT2D eigenvalue weighted by molar-refractivity contribution is 6.21. The van der Waals surface area contributed by atoms with E-state index in [1.165, 1.54) is 24.6 Å². The normalized spacial score (nSPS) is 15.0.